The molecule has 0 bridgehead atoms. The molecule has 1 aromatic carbocycles. The highest BCUT2D eigenvalue weighted by Gasteiger charge is 2.35. The van der Waals surface area contributed by atoms with Crippen LogP contribution in [0.1, 0.15) is 32.6 Å². The SMILES string of the molecule is C[C@H](NC(=O)[C@@H]1CCCN(S(=O)(=O)c2ccc(Br)cc2)C1)C1CC1. The van der Waals surface area contributed by atoms with Crippen molar-refractivity contribution in [3.05, 3.63) is 28.7 Å². The van der Waals surface area contributed by atoms with Gasteiger partial charge in [-0.1, -0.05) is 15.9 Å². The molecule has 1 saturated carbocycles. The van der Waals surface area contributed by atoms with Crippen molar-refractivity contribution in [3.8, 4) is 0 Å². The Balaban J connectivity index is 1.67. The van der Waals surface area contributed by atoms with Gasteiger partial charge in [-0.25, -0.2) is 8.42 Å². The summed E-state index contributed by atoms with van der Waals surface area (Å²) in [6, 6.07) is 6.82. The van der Waals surface area contributed by atoms with E-state index in [1.807, 2.05) is 6.92 Å². The molecule has 0 aromatic heterocycles. The van der Waals surface area contributed by atoms with Gasteiger partial charge < -0.3 is 5.32 Å². The zero-order valence-electron chi connectivity index (χ0n) is 13.7. The van der Waals surface area contributed by atoms with E-state index in [-0.39, 0.29) is 29.3 Å². The van der Waals surface area contributed by atoms with Gasteiger partial charge in [-0.2, -0.15) is 4.31 Å². The summed E-state index contributed by atoms with van der Waals surface area (Å²) in [5.74, 6) is 0.329. The van der Waals surface area contributed by atoms with Crippen molar-refractivity contribution in [1.82, 2.24) is 9.62 Å². The van der Waals surface area contributed by atoms with Gasteiger partial charge in [0.25, 0.3) is 0 Å². The average molecular weight is 415 g/mol. The second-order valence-corrected chi connectivity index (χ2v) is 9.64. The number of carbonyl (C=O) groups is 1. The molecule has 0 radical (unpaired) electrons. The molecule has 1 saturated heterocycles. The van der Waals surface area contributed by atoms with Crippen molar-refractivity contribution >= 4 is 31.9 Å². The predicted octanol–water partition coefficient (Wildman–Crippen LogP) is 2.76. The van der Waals surface area contributed by atoms with Gasteiger partial charge >= 0.3 is 0 Å². The summed E-state index contributed by atoms with van der Waals surface area (Å²) in [6.45, 7) is 2.77. The van der Waals surface area contributed by atoms with Gasteiger partial charge in [0.15, 0.2) is 0 Å². The lowest BCUT2D eigenvalue weighted by Gasteiger charge is -2.32. The summed E-state index contributed by atoms with van der Waals surface area (Å²) in [5.41, 5.74) is 0. The number of nitrogens with zero attached hydrogens (tertiary/aromatic N) is 1. The molecule has 0 unspecified atom stereocenters. The van der Waals surface area contributed by atoms with Crippen LogP contribution in [0.4, 0.5) is 0 Å². The van der Waals surface area contributed by atoms with E-state index in [0.717, 1.165) is 10.9 Å². The Bertz CT molecular complexity index is 701. The van der Waals surface area contributed by atoms with Gasteiger partial charge in [-0.05, 0) is 62.8 Å². The lowest BCUT2D eigenvalue weighted by molar-refractivity contribution is -0.126. The largest absolute Gasteiger partial charge is 0.353 e. The molecule has 0 spiro atoms. The van der Waals surface area contributed by atoms with Crippen LogP contribution in [0.25, 0.3) is 0 Å². The molecule has 1 N–H and O–H groups in total. The third-order valence-electron chi connectivity index (χ3n) is 4.91. The number of halogens is 1. The molecule has 2 fully saturated rings. The lowest BCUT2D eigenvalue weighted by atomic mass is 9.98. The van der Waals surface area contributed by atoms with E-state index in [2.05, 4.69) is 21.2 Å². The van der Waals surface area contributed by atoms with Crippen LogP contribution in [0.3, 0.4) is 0 Å². The number of amides is 1. The maximum Gasteiger partial charge on any atom is 0.243 e. The Kier molecular flexibility index (Phi) is 5.32. The molecule has 3 rings (SSSR count). The molecule has 7 heteroatoms. The van der Waals surface area contributed by atoms with Crippen molar-refractivity contribution < 1.29 is 13.2 Å². The van der Waals surface area contributed by atoms with Crippen LogP contribution in [0.5, 0.6) is 0 Å². The lowest BCUT2D eigenvalue weighted by Crippen LogP contribution is -2.47. The molecule has 1 aliphatic heterocycles. The minimum Gasteiger partial charge on any atom is -0.353 e. The van der Waals surface area contributed by atoms with Crippen LogP contribution in [0, 0.1) is 11.8 Å². The van der Waals surface area contributed by atoms with E-state index in [4.69, 9.17) is 0 Å². The van der Waals surface area contributed by atoms with E-state index >= 15 is 0 Å². The summed E-state index contributed by atoms with van der Waals surface area (Å²) >= 11 is 3.32. The van der Waals surface area contributed by atoms with Crippen LogP contribution >= 0.6 is 15.9 Å². The van der Waals surface area contributed by atoms with Crippen LogP contribution in [0.2, 0.25) is 0 Å². The molecule has 1 amide bonds. The molecule has 1 aliphatic carbocycles. The summed E-state index contributed by atoms with van der Waals surface area (Å²) < 4.78 is 27.9. The van der Waals surface area contributed by atoms with Crippen LogP contribution in [-0.2, 0) is 14.8 Å². The third-order valence-corrected chi connectivity index (χ3v) is 7.31. The molecule has 1 heterocycles. The summed E-state index contributed by atoms with van der Waals surface area (Å²) in [6.07, 6.45) is 3.81. The van der Waals surface area contributed by atoms with E-state index in [1.165, 1.54) is 17.1 Å². The smallest absolute Gasteiger partial charge is 0.243 e. The Morgan fingerprint density at radius 3 is 2.54 bits per heavy atom. The Morgan fingerprint density at radius 2 is 1.92 bits per heavy atom. The minimum absolute atomic E-state index is 0.00916. The minimum atomic E-state index is -3.55. The van der Waals surface area contributed by atoms with E-state index < -0.39 is 10.0 Å². The molecule has 2 atom stereocenters. The second kappa shape index (κ2) is 7.14. The zero-order chi connectivity index (χ0) is 17.3. The fourth-order valence-corrected chi connectivity index (χ4v) is 4.97. The van der Waals surface area contributed by atoms with Crippen LogP contribution in [0.15, 0.2) is 33.6 Å². The van der Waals surface area contributed by atoms with E-state index in [0.29, 0.717) is 18.9 Å². The van der Waals surface area contributed by atoms with E-state index in [1.54, 1.807) is 24.3 Å². The van der Waals surface area contributed by atoms with Gasteiger partial charge in [-0.3, -0.25) is 4.79 Å². The predicted molar refractivity (Wildman–Crippen MR) is 96.0 cm³/mol. The third kappa shape index (κ3) is 4.00. The van der Waals surface area contributed by atoms with Crippen molar-refractivity contribution in [3.63, 3.8) is 0 Å². The van der Waals surface area contributed by atoms with Crippen molar-refractivity contribution in [2.24, 2.45) is 11.8 Å². The summed E-state index contributed by atoms with van der Waals surface area (Å²) in [7, 11) is -3.55. The number of benzene rings is 1. The number of rotatable bonds is 5. The maximum atomic E-state index is 12.8. The molecule has 1 aromatic rings. The number of carbonyl (C=O) groups excluding carboxylic acids is 1. The average Bonchev–Trinajstić information content (AvgIpc) is 3.40. The molecule has 5 nitrogen and oxygen atoms in total. The van der Waals surface area contributed by atoms with Crippen LogP contribution < -0.4 is 5.32 Å². The first-order chi connectivity index (χ1) is 11.4. The highest BCUT2D eigenvalue weighted by molar-refractivity contribution is 9.10. The van der Waals surface area contributed by atoms with Gasteiger partial charge in [0.05, 0.1) is 10.8 Å². The van der Waals surface area contributed by atoms with Gasteiger partial charge in [0, 0.05) is 23.6 Å². The van der Waals surface area contributed by atoms with Gasteiger partial charge in [-0.15, -0.1) is 0 Å². The maximum absolute atomic E-state index is 12.8. The topological polar surface area (TPSA) is 66.5 Å². The van der Waals surface area contributed by atoms with Crippen molar-refractivity contribution in [2.45, 2.75) is 43.5 Å². The van der Waals surface area contributed by atoms with Crippen LogP contribution in [-0.4, -0.2) is 37.8 Å². The zero-order valence-corrected chi connectivity index (χ0v) is 16.1. The quantitative estimate of drug-likeness (QED) is 0.805. The van der Waals surface area contributed by atoms with Gasteiger partial charge in [0.2, 0.25) is 15.9 Å². The standard InChI is InChI=1S/C17H23BrN2O3S/c1-12(13-4-5-13)19-17(21)14-3-2-10-20(11-14)24(22,23)16-8-6-15(18)7-9-16/h6-9,12-14H,2-5,10-11H2,1H3,(H,19,21)/t12-,14+/m0/s1. The monoisotopic (exact) mass is 414 g/mol. The second-order valence-electron chi connectivity index (χ2n) is 6.79. The molecule has 24 heavy (non-hydrogen) atoms. The normalized spacial score (nSPS) is 23.7. The van der Waals surface area contributed by atoms with E-state index in [9.17, 15) is 13.2 Å². The summed E-state index contributed by atoms with van der Waals surface area (Å²) in [4.78, 5) is 12.7. The first kappa shape index (κ1) is 17.9. The number of hydrogen-bond acceptors (Lipinski definition) is 3. The fourth-order valence-electron chi connectivity index (χ4n) is 3.19. The fraction of sp³-hybridized carbons (Fsp3) is 0.588. The molecule has 2 aliphatic rings. The Labute approximate surface area is 152 Å². The molecular weight excluding hydrogens is 392 g/mol. The van der Waals surface area contributed by atoms with Crippen molar-refractivity contribution in [2.75, 3.05) is 13.1 Å². The number of hydrogen-bond donors (Lipinski definition) is 1. The first-order valence-electron chi connectivity index (χ1n) is 8.44. The number of sulfonamides is 1. The first-order valence-corrected chi connectivity index (χ1v) is 10.7. The van der Waals surface area contributed by atoms with Gasteiger partial charge in [0.1, 0.15) is 0 Å². The highest BCUT2D eigenvalue weighted by atomic mass is 79.9. The molecular formula is C17H23BrN2O3S. The Morgan fingerprint density at radius 1 is 1.25 bits per heavy atom. The number of piperidine rings is 1. The number of nitrogens with one attached hydrogen (secondary N) is 1. The highest BCUT2D eigenvalue weighted by Crippen LogP contribution is 2.32. The van der Waals surface area contributed by atoms with Crippen molar-refractivity contribution in [1.29, 1.82) is 0 Å². The Hall–Kier alpha value is -0.920. The molecule has 132 valence electrons. The summed E-state index contributed by atoms with van der Waals surface area (Å²) in [5, 5.41) is 3.06.